The van der Waals surface area contributed by atoms with Crippen molar-refractivity contribution in [3.8, 4) is 0 Å². The normalized spacial score (nSPS) is 29.0. The molecule has 5 heteroatoms. The summed E-state index contributed by atoms with van der Waals surface area (Å²) in [6, 6.07) is 4.42. The van der Waals surface area contributed by atoms with Gasteiger partial charge >= 0.3 is 0 Å². The first-order valence-corrected chi connectivity index (χ1v) is 11.1. The van der Waals surface area contributed by atoms with Gasteiger partial charge in [0.15, 0.2) is 0 Å². The maximum absolute atomic E-state index is 12.8. The van der Waals surface area contributed by atoms with Crippen LogP contribution in [0.3, 0.4) is 0 Å². The second-order valence-electron chi connectivity index (χ2n) is 7.61. The van der Waals surface area contributed by atoms with Crippen LogP contribution in [0.5, 0.6) is 0 Å². The first kappa shape index (κ1) is 19.7. The zero-order chi connectivity index (χ0) is 18.5. The lowest BCUT2D eigenvalue weighted by atomic mass is 9.87. The molecule has 0 amide bonds. The second-order valence-corrected chi connectivity index (χ2v) is 8.26. The number of fused-ring (bicyclic) bond motifs is 1. The van der Waals surface area contributed by atoms with Crippen molar-refractivity contribution in [3.63, 3.8) is 0 Å². The highest BCUT2D eigenvalue weighted by atomic mass is 32.2. The van der Waals surface area contributed by atoms with E-state index in [1.54, 1.807) is 11.9 Å². The highest BCUT2D eigenvalue weighted by molar-refractivity contribution is 7.96. The monoisotopic (exact) mass is 376 g/mol. The Morgan fingerprint density at radius 2 is 2.04 bits per heavy atom. The van der Waals surface area contributed by atoms with Crippen molar-refractivity contribution in [2.45, 2.75) is 70.6 Å². The van der Waals surface area contributed by atoms with Crippen LogP contribution in [0, 0.1) is 12.8 Å². The molecule has 1 aliphatic heterocycles. The maximum atomic E-state index is 12.8. The van der Waals surface area contributed by atoms with Crippen LogP contribution >= 0.6 is 11.9 Å². The van der Waals surface area contributed by atoms with E-state index in [0.29, 0.717) is 18.6 Å². The number of nitrogens with zero attached hydrogens (tertiary/aromatic N) is 1. The predicted octanol–water partition coefficient (Wildman–Crippen LogP) is 4.03. The lowest BCUT2D eigenvalue weighted by Crippen LogP contribution is -2.46. The van der Waals surface area contributed by atoms with E-state index < -0.39 is 0 Å². The van der Waals surface area contributed by atoms with Crippen molar-refractivity contribution < 1.29 is 4.74 Å². The summed E-state index contributed by atoms with van der Waals surface area (Å²) in [5.41, 5.74) is 2.10. The Bertz CT molecular complexity index is 677. The van der Waals surface area contributed by atoms with E-state index in [4.69, 9.17) is 4.74 Å². The molecular formula is C21H32N2O2S. The van der Waals surface area contributed by atoms with Gasteiger partial charge < -0.3 is 9.30 Å². The van der Waals surface area contributed by atoms with Gasteiger partial charge in [0.2, 0.25) is 0 Å². The number of aromatic nitrogens is 1. The summed E-state index contributed by atoms with van der Waals surface area (Å²) in [5.74, 6) is 0.714. The summed E-state index contributed by atoms with van der Waals surface area (Å²) in [7, 11) is 0. The van der Waals surface area contributed by atoms with Gasteiger partial charge in [0.1, 0.15) is 0 Å². The topological polar surface area (TPSA) is 43.3 Å². The highest BCUT2D eigenvalue weighted by Gasteiger charge is 2.31. The summed E-state index contributed by atoms with van der Waals surface area (Å²) < 4.78 is 11.8. The van der Waals surface area contributed by atoms with Gasteiger partial charge in [-0.3, -0.25) is 9.52 Å². The molecule has 1 N–H and O–H groups in total. The number of pyridine rings is 1. The average molecular weight is 377 g/mol. The van der Waals surface area contributed by atoms with Gasteiger partial charge in [0.05, 0.1) is 18.8 Å². The molecule has 1 aromatic rings. The number of aryl methyl sites for hydroxylation is 2. The molecule has 0 radical (unpaired) electrons. The van der Waals surface area contributed by atoms with Gasteiger partial charge in [-0.05, 0) is 70.6 Å². The van der Waals surface area contributed by atoms with Gasteiger partial charge in [-0.1, -0.05) is 30.2 Å². The number of hydrogen-bond acceptors (Lipinski definition) is 4. The Morgan fingerprint density at radius 1 is 1.27 bits per heavy atom. The Balaban J connectivity index is 1.71. The number of allylic oxidation sites excluding steroid dienone is 2. The van der Waals surface area contributed by atoms with Gasteiger partial charge in [0, 0.05) is 17.3 Å². The summed E-state index contributed by atoms with van der Waals surface area (Å²) in [5, 5.41) is 0. The molecule has 26 heavy (non-hydrogen) atoms. The summed E-state index contributed by atoms with van der Waals surface area (Å²) in [6.07, 6.45) is 13.5. The van der Waals surface area contributed by atoms with Crippen LogP contribution in [0.15, 0.2) is 29.1 Å². The Kier molecular flexibility index (Phi) is 7.01. The van der Waals surface area contributed by atoms with Gasteiger partial charge in [-0.15, -0.1) is 0 Å². The molecule has 2 aliphatic rings. The van der Waals surface area contributed by atoms with Crippen LogP contribution in [0.25, 0.3) is 0 Å². The van der Waals surface area contributed by atoms with Gasteiger partial charge in [-0.2, -0.15) is 0 Å². The minimum Gasteiger partial charge on any atom is -0.376 e. The number of ether oxygens (including phenoxy) is 1. The summed E-state index contributed by atoms with van der Waals surface area (Å²) in [4.78, 5) is 12.8. The van der Waals surface area contributed by atoms with Crippen LogP contribution in [0.4, 0.5) is 0 Å². The SMILES string of the molecule is C/C=C\C1CCC(OCC2C(NSC)CCc3ccc(C)c(=O)n32)CC1. The Morgan fingerprint density at radius 3 is 2.73 bits per heavy atom. The molecule has 1 saturated carbocycles. The molecule has 1 fully saturated rings. The molecule has 1 aliphatic carbocycles. The second kappa shape index (κ2) is 9.25. The van der Waals surface area contributed by atoms with Gasteiger partial charge in [-0.25, -0.2) is 0 Å². The van der Waals surface area contributed by atoms with E-state index >= 15 is 0 Å². The number of nitrogens with one attached hydrogen (secondary N) is 1. The van der Waals surface area contributed by atoms with E-state index in [-0.39, 0.29) is 17.6 Å². The standard InChI is InChI=1S/C21H32N2O2S/c1-4-5-16-7-11-18(12-8-16)25-14-20-19(22-26-3)13-10-17-9-6-15(2)21(24)23(17)20/h4-6,9,16,18-20,22H,7-8,10-14H2,1-3H3/b5-4-. The smallest absolute Gasteiger partial charge is 0.254 e. The van der Waals surface area contributed by atoms with Crippen molar-refractivity contribution >= 4 is 11.9 Å². The Hall–Kier alpha value is -1.04. The molecule has 0 spiro atoms. The molecule has 1 aromatic heterocycles. The number of hydrogen-bond donors (Lipinski definition) is 1. The van der Waals surface area contributed by atoms with E-state index in [9.17, 15) is 4.79 Å². The van der Waals surface area contributed by atoms with Crippen molar-refractivity contribution in [2.24, 2.45) is 5.92 Å². The van der Waals surface area contributed by atoms with Crippen LogP contribution in [-0.4, -0.2) is 29.6 Å². The lowest BCUT2D eigenvalue weighted by Gasteiger charge is -2.37. The van der Waals surface area contributed by atoms with Gasteiger partial charge in [0.25, 0.3) is 5.56 Å². The highest BCUT2D eigenvalue weighted by Crippen LogP contribution is 2.30. The quantitative estimate of drug-likeness (QED) is 0.601. The molecule has 0 bridgehead atoms. The summed E-state index contributed by atoms with van der Waals surface area (Å²) >= 11 is 1.64. The fourth-order valence-electron chi connectivity index (χ4n) is 4.37. The van der Waals surface area contributed by atoms with Crippen LogP contribution < -0.4 is 10.3 Å². The van der Waals surface area contributed by atoms with E-state index in [1.807, 2.05) is 17.6 Å². The average Bonchev–Trinajstić information content (AvgIpc) is 2.65. The zero-order valence-corrected chi connectivity index (χ0v) is 17.1. The van der Waals surface area contributed by atoms with E-state index in [2.05, 4.69) is 36.1 Å². The first-order valence-electron chi connectivity index (χ1n) is 9.88. The van der Waals surface area contributed by atoms with Crippen LogP contribution in [0.1, 0.15) is 56.3 Å². The fraction of sp³-hybridized carbons (Fsp3) is 0.667. The molecule has 2 heterocycles. The molecule has 2 unspecified atom stereocenters. The fourth-order valence-corrected chi connectivity index (χ4v) is 4.95. The molecule has 0 aromatic carbocycles. The Labute approximate surface area is 161 Å². The van der Waals surface area contributed by atoms with E-state index in [0.717, 1.165) is 36.9 Å². The predicted molar refractivity (Wildman–Crippen MR) is 110 cm³/mol. The third-order valence-electron chi connectivity index (χ3n) is 5.85. The largest absolute Gasteiger partial charge is 0.376 e. The lowest BCUT2D eigenvalue weighted by molar-refractivity contribution is -0.00338. The molecule has 3 rings (SSSR count). The minimum atomic E-state index is 0.0758. The minimum absolute atomic E-state index is 0.0758. The molecule has 2 atom stereocenters. The van der Waals surface area contributed by atoms with Crippen LogP contribution in [-0.2, 0) is 11.2 Å². The number of rotatable bonds is 6. The van der Waals surface area contributed by atoms with Crippen molar-refractivity contribution in [1.29, 1.82) is 0 Å². The van der Waals surface area contributed by atoms with Crippen molar-refractivity contribution in [1.82, 2.24) is 9.29 Å². The first-order chi connectivity index (χ1) is 12.6. The van der Waals surface area contributed by atoms with Crippen LogP contribution in [0.2, 0.25) is 0 Å². The van der Waals surface area contributed by atoms with E-state index in [1.165, 1.54) is 12.8 Å². The molecule has 144 valence electrons. The third kappa shape index (κ3) is 4.44. The zero-order valence-electron chi connectivity index (χ0n) is 16.2. The van der Waals surface area contributed by atoms with Crippen molar-refractivity contribution in [3.05, 3.63) is 45.9 Å². The molecular weight excluding hydrogens is 344 g/mol. The van der Waals surface area contributed by atoms with Crippen molar-refractivity contribution in [2.75, 3.05) is 12.9 Å². The molecule has 4 nitrogen and oxygen atoms in total. The third-order valence-corrected chi connectivity index (χ3v) is 6.39. The summed E-state index contributed by atoms with van der Waals surface area (Å²) in [6.45, 7) is 4.62. The maximum Gasteiger partial charge on any atom is 0.254 e. The molecule has 0 saturated heterocycles.